The predicted molar refractivity (Wildman–Crippen MR) is 108 cm³/mol. The van der Waals surface area contributed by atoms with Crippen LogP contribution in [-0.2, 0) is 23.1 Å². The Morgan fingerprint density at radius 1 is 1.11 bits per heavy atom. The van der Waals surface area contributed by atoms with Crippen molar-refractivity contribution in [3.8, 4) is 0 Å². The molecule has 7 nitrogen and oxygen atoms in total. The first-order valence-corrected chi connectivity index (χ1v) is 10.5. The number of rotatable bonds is 8. The lowest BCUT2D eigenvalue weighted by molar-refractivity contribution is -0.0681. The molecule has 0 amide bonds. The van der Waals surface area contributed by atoms with Gasteiger partial charge in [-0.2, -0.15) is 5.10 Å². The highest BCUT2D eigenvalue weighted by molar-refractivity contribution is 5.50. The Bertz CT molecular complexity index is 575. The van der Waals surface area contributed by atoms with E-state index in [2.05, 4.69) is 41.0 Å². The molecule has 1 aromatic heterocycles. The summed E-state index contributed by atoms with van der Waals surface area (Å²) in [6.07, 6.45) is 3.15. The highest BCUT2D eigenvalue weighted by Crippen LogP contribution is 2.24. The first kappa shape index (κ1) is 20.6. The fourth-order valence-corrected chi connectivity index (χ4v) is 4.33. The minimum atomic E-state index is 0.360. The van der Waals surface area contributed by atoms with E-state index in [9.17, 15) is 0 Å². The van der Waals surface area contributed by atoms with E-state index < -0.39 is 0 Å². The van der Waals surface area contributed by atoms with Gasteiger partial charge < -0.3 is 19.7 Å². The van der Waals surface area contributed by atoms with Gasteiger partial charge in [0.25, 0.3) is 0 Å². The number of anilines is 1. The lowest BCUT2D eigenvalue weighted by Gasteiger charge is -2.35. The second-order valence-electron chi connectivity index (χ2n) is 8.01. The van der Waals surface area contributed by atoms with Crippen molar-refractivity contribution in [2.24, 2.45) is 7.05 Å². The summed E-state index contributed by atoms with van der Waals surface area (Å²) >= 11 is 0. The van der Waals surface area contributed by atoms with Gasteiger partial charge in [0.15, 0.2) is 0 Å². The number of aromatic nitrogens is 2. The molecule has 3 rings (SSSR count). The Balaban J connectivity index is 1.40. The quantitative estimate of drug-likeness (QED) is 0.692. The summed E-state index contributed by atoms with van der Waals surface area (Å²) < 4.78 is 13.3. The molecule has 0 aliphatic carbocycles. The van der Waals surface area contributed by atoms with Gasteiger partial charge in [-0.15, -0.1) is 0 Å². The van der Waals surface area contributed by atoms with Crippen LogP contribution in [0.2, 0.25) is 0 Å². The summed E-state index contributed by atoms with van der Waals surface area (Å²) in [6.45, 7) is 15.2. The third-order valence-electron chi connectivity index (χ3n) is 5.50. The normalized spacial score (nSPS) is 24.5. The molecule has 0 aromatic carbocycles. The summed E-state index contributed by atoms with van der Waals surface area (Å²) in [5.41, 5.74) is 2.46. The van der Waals surface area contributed by atoms with Crippen LogP contribution in [0.1, 0.15) is 37.9 Å². The number of ether oxygens (including phenoxy) is 2. The maximum atomic E-state index is 5.81. The van der Waals surface area contributed by atoms with E-state index in [0.29, 0.717) is 12.2 Å². The first-order valence-electron chi connectivity index (χ1n) is 10.5. The van der Waals surface area contributed by atoms with Crippen LogP contribution in [0.15, 0.2) is 0 Å². The third-order valence-corrected chi connectivity index (χ3v) is 5.50. The number of nitrogens with zero attached hydrogens (tertiary/aromatic N) is 4. The molecule has 3 heterocycles. The van der Waals surface area contributed by atoms with Crippen LogP contribution in [0.4, 0.5) is 5.82 Å². The van der Waals surface area contributed by atoms with Gasteiger partial charge in [0.05, 0.1) is 31.1 Å². The van der Waals surface area contributed by atoms with E-state index in [1.165, 1.54) is 30.8 Å². The SMILES string of the molecule is Cc1nn(C)c(N2CCOCC2)c1CNCCCCN1CC(C)OC(C)C1. The van der Waals surface area contributed by atoms with Crippen molar-refractivity contribution in [1.82, 2.24) is 20.0 Å². The Hall–Kier alpha value is -1.15. The summed E-state index contributed by atoms with van der Waals surface area (Å²) in [6, 6.07) is 0. The minimum Gasteiger partial charge on any atom is -0.378 e. The Kier molecular flexibility index (Phi) is 7.52. The molecule has 2 unspecified atom stereocenters. The number of aryl methyl sites for hydroxylation is 2. The van der Waals surface area contributed by atoms with E-state index in [4.69, 9.17) is 9.47 Å². The number of nitrogens with one attached hydrogen (secondary N) is 1. The molecule has 0 spiro atoms. The van der Waals surface area contributed by atoms with Gasteiger partial charge in [-0.05, 0) is 46.7 Å². The maximum absolute atomic E-state index is 5.81. The highest BCUT2D eigenvalue weighted by atomic mass is 16.5. The number of hydrogen-bond donors (Lipinski definition) is 1. The Labute approximate surface area is 164 Å². The average Bonchev–Trinajstić information content (AvgIpc) is 2.91. The van der Waals surface area contributed by atoms with Crippen LogP contribution >= 0.6 is 0 Å². The molecule has 2 aliphatic heterocycles. The summed E-state index contributed by atoms with van der Waals surface area (Å²) in [7, 11) is 2.05. The van der Waals surface area contributed by atoms with E-state index >= 15 is 0 Å². The molecule has 0 saturated carbocycles. The number of unbranched alkanes of at least 4 members (excludes halogenated alkanes) is 1. The zero-order valence-corrected chi connectivity index (χ0v) is 17.5. The van der Waals surface area contributed by atoms with Crippen LogP contribution in [0.25, 0.3) is 0 Å². The number of morpholine rings is 2. The molecule has 154 valence electrons. The molecular formula is C20H37N5O2. The highest BCUT2D eigenvalue weighted by Gasteiger charge is 2.22. The largest absolute Gasteiger partial charge is 0.378 e. The molecule has 27 heavy (non-hydrogen) atoms. The zero-order chi connectivity index (χ0) is 19.2. The Morgan fingerprint density at radius 2 is 1.81 bits per heavy atom. The van der Waals surface area contributed by atoms with Crippen LogP contribution in [-0.4, -0.2) is 79.4 Å². The van der Waals surface area contributed by atoms with E-state index in [1.807, 2.05) is 11.7 Å². The molecule has 7 heteroatoms. The maximum Gasteiger partial charge on any atom is 0.131 e. The molecule has 0 radical (unpaired) electrons. The molecule has 0 bridgehead atoms. The summed E-state index contributed by atoms with van der Waals surface area (Å²) in [5.74, 6) is 1.25. The van der Waals surface area contributed by atoms with Crippen molar-refractivity contribution in [3.05, 3.63) is 11.3 Å². The molecule has 2 aliphatic rings. The number of hydrogen-bond acceptors (Lipinski definition) is 6. The molecule has 2 atom stereocenters. The van der Waals surface area contributed by atoms with Gasteiger partial charge in [-0.3, -0.25) is 9.58 Å². The van der Waals surface area contributed by atoms with Crippen LogP contribution in [0.3, 0.4) is 0 Å². The van der Waals surface area contributed by atoms with Gasteiger partial charge in [0.1, 0.15) is 5.82 Å². The van der Waals surface area contributed by atoms with Crippen LogP contribution < -0.4 is 10.2 Å². The molecule has 2 saturated heterocycles. The van der Waals surface area contributed by atoms with E-state index in [-0.39, 0.29) is 0 Å². The minimum absolute atomic E-state index is 0.360. The lowest BCUT2D eigenvalue weighted by atomic mass is 10.2. The predicted octanol–water partition coefficient (Wildman–Crippen LogP) is 1.54. The Morgan fingerprint density at radius 3 is 2.52 bits per heavy atom. The van der Waals surface area contributed by atoms with Crippen molar-refractivity contribution >= 4 is 5.82 Å². The van der Waals surface area contributed by atoms with E-state index in [0.717, 1.165) is 58.2 Å². The second-order valence-corrected chi connectivity index (χ2v) is 8.01. The zero-order valence-electron chi connectivity index (χ0n) is 17.5. The van der Waals surface area contributed by atoms with Crippen molar-refractivity contribution in [3.63, 3.8) is 0 Å². The van der Waals surface area contributed by atoms with Gasteiger partial charge in [-0.1, -0.05) is 0 Å². The first-order chi connectivity index (χ1) is 13.0. The summed E-state index contributed by atoms with van der Waals surface area (Å²) in [5, 5.41) is 8.29. The van der Waals surface area contributed by atoms with Gasteiger partial charge in [-0.25, -0.2) is 0 Å². The van der Waals surface area contributed by atoms with Crippen LogP contribution in [0, 0.1) is 6.92 Å². The van der Waals surface area contributed by atoms with Gasteiger partial charge >= 0.3 is 0 Å². The molecule has 1 N–H and O–H groups in total. The van der Waals surface area contributed by atoms with E-state index in [1.54, 1.807) is 0 Å². The van der Waals surface area contributed by atoms with Crippen molar-refractivity contribution in [2.45, 2.75) is 52.4 Å². The van der Waals surface area contributed by atoms with Gasteiger partial charge in [0.2, 0.25) is 0 Å². The molecule has 2 fully saturated rings. The van der Waals surface area contributed by atoms with Crippen molar-refractivity contribution < 1.29 is 9.47 Å². The average molecular weight is 380 g/mol. The topological polar surface area (TPSA) is 54.8 Å². The standard InChI is InChI=1S/C20H37N5O2/c1-16-14-24(15-17(2)27-16)8-6-5-7-21-13-19-18(3)22-23(4)20(19)25-9-11-26-12-10-25/h16-17,21H,5-15H2,1-4H3. The lowest BCUT2D eigenvalue weighted by Crippen LogP contribution is -2.45. The molecule has 1 aromatic rings. The van der Waals surface area contributed by atoms with Crippen LogP contribution in [0.5, 0.6) is 0 Å². The van der Waals surface area contributed by atoms with Crippen molar-refractivity contribution in [1.29, 1.82) is 0 Å². The molecular weight excluding hydrogens is 342 g/mol. The fourth-order valence-electron chi connectivity index (χ4n) is 4.33. The second kappa shape index (κ2) is 9.87. The van der Waals surface area contributed by atoms with Crippen molar-refractivity contribution in [2.75, 3.05) is 57.4 Å². The monoisotopic (exact) mass is 379 g/mol. The summed E-state index contributed by atoms with van der Waals surface area (Å²) in [4.78, 5) is 4.95. The smallest absolute Gasteiger partial charge is 0.131 e. The third kappa shape index (κ3) is 5.67. The van der Waals surface area contributed by atoms with Gasteiger partial charge in [0, 0.05) is 45.3 Å². The fraction of sp³-hybridized carbons (Fsp3) is 0.850.